The molecule has 1 rings (SSSR count). The Bertz CT molecular complexity index is 261. The lowest BCUT2D eigenvalue weighted by molar-refractivity contribution is -0.252. The zero-order valence-corrected chi connectivity index (χ0v) is 11.4. The van der Waals surface area contributed by atoms with Crippen LogP contribution >= 0.6 is 0 Å². The van der Waals surface area contributed by atoms with E-state index >= 15 is 0 Å². The highest BCUT2D eigenvalue weighted by Gasteiger charge is 2.28. The predicted molar refractivity (Wildman–Crippen MR) is 65.7 cm³/mol. The number of hydrogen-bond acceptors (Lipinski definition) is 4. The largest absolute Gasteiger partial charge is 0.350 e. The first kappa shape index (κ1) is 14.4. The summed E-state index contributed by atoms with van der Waals surface area (Å²) in [6.07, 6.45) is 0. The smallest absolute Gasteiger partial charge is 0.234 e. The van der Waals surface area contributed by atoms with Gasteiger partial charge in [-0.15, -0.1) is 0 Å². The first-order valence-electron chi connectivity index (χ1n) is 6.00. The molecule has 0 aromatic rings. The van der Waals surface area contributed by atoms with E-state index in [4.69, 9.17) is 9.47 Å². The van der Waals surface area contributed by atoms with Gasteiger partial charge in [-0.25, -0.2) is 0 Å². The van der Waals surface area contributed by atoms with E-state index in [0.29, 0.717) is 13.2 Å². The van der Waals surface area contributed by atoms with Crippen LogP contribution in [0.5, 0.6) is 0 Å². The Morgan fingerprint density at radius 2 is 1.82 bits per heavy atom. The van der Waals surface area contributed by atoms with Gasteiger partial charge in [0.05, 0.1) is 25.8 Å². The van der Waals surface area contributed by atoms with Gasteiger partial charge >= 0.3 is 0 Å². The lowest BCUT2D eigenvalue weighted by Crippen LogP contribution is -2.52. The Hall–Kier alpha value is -0.650. The standard InChI is InChI=1S/C12H24N2O3/c1-11(2,3)14-10(15)6-13-9-7-16-12(4,5)17-8-9/h9,13H,6-8H2,1-5H3,(H,14,15). The van der Waals surface area contributed by atoms with Crippen molar-refractivity contribution in [1.82, 2.24) is 10.6 Å². The highest BCUT2D eigenvalue weighted by Crippen LogP contribution is 2.16. The van der Waals surface area contributed by atoms with Crippen LogP contribution in [-0.2, 0) is 14.3 Å². The van der Waals surface area contributed by atoms with Gasteiger partial charge in [-0.05, 0) is 34.6 Å². The summed E-state index contributed by atoms with van der Waals surface area (Å²) < 4.78 is 11.0. The minimum Gasteiger partial charge on any atom is -0.350 e. The molecule has 1 fully saturated rings. The normalized spacial score (nSPS) is 21.2. The van der Waals surface area contributed by atoms with Gasteiger partial charge in [0, 0.05) is 5.54 Å². The van der Waals surface area contributed by atoms with Crippen LogP contribution in [0, 0.1) is 0 Å². The van der Waals surface area contributed by atoms with Gasteiger partial charge < -0.3 is 20.1 Å². The van der Waals surface area contributed by atoms with Crippen LogP contribution in [0.4, 0.5) is 0 Å². The van der Waals surface area contributed by atoms with Crippen molar-refractivity contribution < 1.29 is 14.3 Å². The molecule has 100 valence electrons. The molecule has 0 aliphatic carbocycles. The molecule has 5 heteroatoms. The second kappa shape index (κ2) is 5.33. The zero-order chi connectivity index (χ0) is 13.1. The quantitative estimate of drug-likeness (QED) is 0.765. The molecule has 0 atom stereocenters. The van der Waals surface area contributed by atoms with E-state index in [1.54, 1.807) is 0 Å². The molecular formula is C12H24N2O3. The first-order valence-corrected chi connectivity index (χ1v) is 6.00. The number of hydrogen-bond donors (Lipinski definition) is 2. The molecule has 0 spiro atoms. The number of amides is 1. The molecule has 1 amide bonds. The van der Waals surface area contributed by atoms with E-state index in [1.807, 2.05) is 34.6 Å². The fourth-order valence-corrected chi connectivity index (χ4v) is 1.51. The van der Waals surface area contributed by atoms with E-state index < -0.39 is 5.79 Å². The average molecular weight is 244 g/mol. The lowest BCUT2D eigenvalue weighted by atomic mass is 10.1. The minimum atomic E-state index is -0.508. The van der Waals surface area contributed by atoms with E-state index in [9.17, 15) is 4.79 Å². The third-order valence-corrected chi connectivity index (χ3v) is 2.33. The average Bonchev–Trinajstić information content (AvgIpc) is 2.13. The Labute approximate surface area is 103 Å². The third-order valence-electron chi connectivity index (χ3n) is 2.33. The van der Waals surface area contributed by atoms with Gasteiger partial charge in [0.2, 0.25) is 5.91 Å². The van der Waals surface area contributed by atoms with Gasteiger partial charge in [-0.2, -0.15) is 0 Å². The van der Waals surface area contributed by atoms with Crippen LogP contribution < -0.4 is 10.6 Å². The molecule has 0 bridgehead atoms. The summed E-state index contributed by atoms with van der Waals surface area (Å²) in [6.45, 7) is 11.1. The maximum atomic E-state index is 11.6. The summed E-state index contributed by atoms with van der Waals surface area (Å²) in [5.41, 5.74) is -0.194. The molecule has 0 radical (unpaired) electrons. The predicted octanol–water partition coefficient (Wildman–Crippen LogP) is 0.642. The molecule has 1 aliphatic rings. The lowest BCUT2D eigenvalue weighted by Gasteiger charge is -2.35. The molecule has 0 unspecified atom stereocenters. The Balaban J connectivity index is 2.22. The highest BCUT2D eigenvalue weighted by atomic mass is 16.7. The zero-order valence-electron chi connectivity index (χ0n) is 11.4. The molecule has 0 saturated carbocycles. The van der Waals surface area contributed by atoms with Crippen LogP contribution in [0.1, 0.15) is 34.6 Å². The second-order valence-corrected chi connectivity index (χ2v) is 5.90. The number of carbonyl (C=O) groups is 1. The summed E-state index contributed by atoms with van der Waals surface area (Å²) in [6, 6.07) is 0.0775. The van der Waals surface area contributed by atoms with Gasteiger partial charge in [0.1, 0.15) is 0 Å². The van der Waals surface area contributed by atoms with Crippen molar-refractivity contribution >= 4 is 5.91 Å². The molecular weight excluding hydrogens is 220 g/mol. The van der Waals surface area contributed by atoms with Crippen molar-refractivity contribution in [1.29, 1.82) is 0 Å². The first-order chi connectivity index (χ1) is 7.68. The molecule has 17 heavy (non-hydrogen) atoms. The van der Waals surface area contributed by atoms with Crippen LogP contribution in [0.15, 0.2) is 0 Å². The van der Waals surface area contributed by atoms with E-state index in [1.165, 1.54) is 0 Å². The van der Waals surface area contributed by atoms with Gasteiger partial charge in [-0.3, -0.25) is 4.79 Å². The minimum absolute atomic E-state index is 0.0117. The van der Waals surface area contributed by atoms with Crippen LogP contribution in [0.25, 0.3) is 0 Å². The van der Waals surface area contributed by atoms with E-state index in [2.05, 4.69) is 10.6 Å². The summed E-state index contributed by atoms with van der Waals surface area (Å²) >= 11 is 0. The summed E-state index contributed by atoms with van der Waals surface area (Å²) in [5.74, 6) is -0.520. The summed E-state index contributed by atoms with van der Waals surface area (Å²) in [5, 5.41) is 6.01. The van der Waals surface area contributed by atoms with Gasteiger partial charge in [0.15, 0.2) is 5.79 Å². The van der Waals surface area contributed by atoms with Crippen LogP contribution in [0.3, 0.4) is 0 Å². The Kier molecular flexibility index (Phi) is 4.52. The van der Waals surface area contributed by atoms with Crippen molar-refractivity contribution in [2.75, 3.05) is 19.8 Å². The van der Waals surface area contributed by atoms with Crippen molar-refractivity contribution in [2.45, 2.75) is 52.0 Å². The van der Waals surface area contributed by atoms with Gasteiger partial charge in [-0.1, -0.05) is 0 Å². The molecule has 2 N–H and O–H groups in total. The molecule has 0 aromatic heterocycles. The SMILES string of the molecule is CC(C)(C)NC(=O)CNC1COC(C)(C)OC1. The Morgan fingerprint density at radius 1 is 1.29 bits per heavy atom. The molecule has 1 aliphatic heterocycles. The molecule has 0 aromatic carbocycles. The third kappa shape index (κ3) is 6.00. The molecule has 1 heterocycles. The number of carbonyl (C=O) groups excluding carboxylic acids is 1. The molecule has 1 saturated heterocycles. The van der Waals surface area contributed by atoms with Gasteiger partial charge in [0.25, 0.3) is 0 Å². The highest BCUT2D eigenvalue weighted by molar-refractivity contribution is 5.78. The van der Waals surface area contributed by atoms with Crippen LogP contribution in [0.2, 0.25) is 0 Å². The number of rotatable bonds is 3. The maximum absolute atomic E-state index is 11.6. The fourth-order valence-electron chi connectivity index (χ4n) is 1.51. The van der Waals surface area contributed by atoms with Crippen molar-refractivity contribution in [2.24, 2.45) is 0 Å². The number of ether oxygens (including phenoxy) is 2. The topological polar surface area (TPSA) is 59.6 Å². The summed E-state index contributed by atoms with van der Waals surface area (Å²) in [7, 11) is 0. The number of nitrogens with one attached hydrogen (secondary N) is 2. The summed E-state index contributed by atoms with van der Waals surface area (Å²) in [4.78, 5) is 11.6. The monoisotopic (exact) mass is 244 g/mol. The van der Waals surface area contributed by atoms with E-state index in [-0.39, 0.29) is 24.0 Å². The van der Waals surface area contributed by atoms with Crippen molar-refractivity contribution in [3.8, 4) is 0 Å². The van der Waals surface area contributed by atoms with Crippen LogP contribution in [-0.4, -0.2) is 43.0 Å². The second-order valence-electron chi connectivity index (χ2n) is 5.90. The van der Waals surface area contributed by atoms with Crippen molar-refractivity contribution in [3.05, 3.63) is 0 Å². The maximum Gasteiger partial charge on any atom is 0.234 e. The fraction of sp³-hybridized carbons (Fsp3) is 0.917. The van der Waals surface area contributed by atoms with Crippen molar-refractivity contribution in [3.63, 3.8) is 0 Å². The van der Waals surface area contributed by atoms with E-state index in [0.717, 1.165) is 0 Å². The Morgan fingerprint density at radius 3 is 2.29 bits per heavy atom. The molecule has 5 nitrogen and oxygen atoms in total.